The summed E-state index contributed by atoms with van der Waals surface area (Å²) in [5.41, 5.74) is 0.839. The van der Waals surface area contributed by atoms with Crippen molar-refractivity contribution < 1.29 is 4.79 Å². The Labute approximate surface area is 115 Å². The minimum absolute atomic E-state index is 0.0394. The van der Waals surface area contributed by atoms with Gasteiger partial charge >= 0.3 is 0 Å². The second kappa shape index (κ2) is 5.21. The van der Waals surface area contributed by atoms with Crippen molar-refractivity contribution in [1.29, 1.82) is 0 Å². The van der Waals surface area contributed by atoms with Crippen molar-refractivity contribution in [3.8, 4) is 0 Å². The number of nitrogens with zero attached hydrogens (tertiary/aromatic N) is 1. The van der Waals surface area contributed by atoms with E-state index in [1.807, 2.05) is 25.1 Å². The van der Waals surface area contributed by atoms with Crippen LogP contribution in [0.25, 0.3) is 6.08 Å². The topological polar surface area (TPSA) is 20.3 Å². The normalized spacial score (nSPS) is 18.2. The van der Waals surface area contributed by atoms with Gasteiger partial charge in [0.1, 0.15) is 4.32 Å². The number of carbonyl (C=O) groups excluding carboxylic acids is 1. The fraction of sp³-hybridized carbons (Fsp3) is 0.167. The lowest BCUT2D eigenvalue weighted by Crippen LogP contribution is -2.27. The van der Waals surface area contributed by atoms with Crippen molar-refractivity contribution in [2.24, 2.45) is 0 Å². The smallest absolute Gasteiger partial charge is 0.266 e. The van der Waals surface area contributed by atoms with Crippen molar-refractivity contribution in [2.45, 2.75) is 6.92 Å². The largest absolute Gasteiger partial charge is 0.293 e. The summed E-state index contributed by atoms with van der Waals surface area (Å²) in [5, 5.41) is 0.634. The average Bonchev–Trinajstić information content (AvgIpc) is 2.57. The Morgan fingerprint density at radius 2 is 2.18 bits per heavy atom. The zero-order chi connectivity index (χ0) is 12.4. The molecule has 1 amide bonds. The molecule has 0 aliphatic carbocycles. The van der Waals surface area contributed by atoms with Crippen LogP contribution in [0.3, 0.4) is 0 Å². The van der Waals surface area contributed by atoms with Gasteiger partial charge < -0.3 is 0 Å². The Morgan fingerprint density at radius 1 is 1.47 bits per heavy atom. The van der Waals surface area contributed by atoms with Crippen LogP contribution in [0.5, 0.6) is 0 Å². The molecule has 1 heterocycles. The number of thiocarbonyl (C=S) groups is 1. The third-order valence-electron chi connectivity index (χ3n) is 2.38. The van der Waals surface area contributed by atoms with Crippen molar-refractivity contribution in [3.63, 3.8) is 0 Å². The molecule has 2 rings (SSSR count). The van der Waals surface area contributed by atoms with Crippen molar-refractivity contribution >= 4 is 51.9 Å². The lowest BCUT2D eigenvalue weighted by atomic mass is 10.2. The summed E-state index contributed by atoms with van der Waals surface area (Å²) in [6, 6.07) is 7.42. The summed E-state index contributed by atoms with van der Waals surface area (Å²) in [6.07, 6.45) is 1.79. The molecule has 17 heavy (non-hydrogen) atoms. The Kier molecular flexibility index (Phi) is 3.86. The minimum Gasteiger partial charge on any atom is -0.293 e. The summed E-state index contributed by atoms with van der Waals surface area (Å²) < 4.78 is 0.607. The maximum Gasteiger partial charge on any atom is 0.266 e. The maximum atomic E-state index is 12.0. The molecule has 0 aromatic heterocycles. The molecule has 0 N–H and O–H groups in total. The summed E-state index contributed by atoms with van der Waals surface area (Å²) in [6.45, 7) is 2.51. The number of amides is 1. The van der Waals surface area contributed by atoms with Crippen LogP contribution >= 0.6 is 35.6 Å². The predicted molar refractivity (Wildman–Crippen MR) is 77.0 cm³/mol. The van der Waals surface area contributed by atoms with Gasteiger partial charge in [-0.3, -0.25) is 9.69 Å². The number of hydrogen-bond acceptors (Lipinski definition) is 3. The van der Waals surface area contributed by atoms with Crippen LogP contribution in [0.1, 0.15) is 12.5 Å². The Hall–Kier alpha value is -0.840. The lowest BCUT2D eigenvalue weighted by molar-refractivity contribution is -0.121. The van der Waals surface area contributed by atoms with Gasteiger partial charge in [0, 0.05) is 11.6 Å². The molecular weight excluding hydrogens is 274 g/mol. The molecule has 1 aliphatic heterocycles. The van der Waals surface area contributed by atoms with Gasteiger partial charge in [-0.15, -0.1) is 0 Å². The summed E-state index contributed by atoms with van der Waals surface area (Å²) in [4.78, 5) is 14.2. The molecule has 1 saturated heterocycles. The highest BCUT2D eigenvalue weighted by molar-refractivity contribution is 8.26. The number of likely N-dealkylation sites (N-methyl/N-ethyl adjacent to an activating group) is 1. The van der Waals surface area contributed by atoms with E-state index in [0.717, 1.165) is 5.56 Å². The van der Waals surface area contributed by atoms with E-state index in [-0.39, 0.29) is 5.91 Å². The van der Waals surface area contributed by atoms with E-state index in [0.29, 0.717) is 20.8 Å². The van der Waals surface area contributed by atoms with Gasteiger partial charge in [-0.2, -0.15) is 0 Å². The van der Waals surface area contributed by atoms with Gasteiger partial charge in [0.15, 0.2) is 0 Å². The third kappa shape index (κ3) is 2.54. The van der Waals surface area contributed by atoms with E-state index in [1.165, 1.54) is 11.8 Å². The Bertz CT molecular complexity index is 513. The number of hydrogen-bond donors (Lipinski definition) is 0. The predicted octanol–water partition coefficient (Wildman–Crippen LogP) is 3.56. The summed E-state index contributed by atoms with van der Waals surface area (Å²) in [5.74, 6) is -0.0394. The fourth-order valence-electron chi connectivity index (χ4n) is 1.51. The molecule has 1 aliphatic rings. The van der Waals surface area contributed by atoms with E-state index in [9.17, 15) is 4.79 Å². The number of halogens is 1. The van der Waals surface area contributed by atoms with Crippen LogP contribution in [0, 0.1) is 0 Å². The monoisotopic (exact) mass is 283 g/mol. The molecule has 0 bridgehead atoms. The highest BCUT2D eigenvalue weighted by Gasteiger charge is 2.30. The maximum absolute atomic E-state index is 12.0. The number of rotatable bonds is 2. The first-order valence-electron chi connectivity index (χ1n) is 5.13. The molecule has 0 atom stereocenters. The van der Waals surface area contributed by atoms with Crippen molar-refractivity contribution in [2.75, 3.05) is 6.54 Å². The van der Waals surface area contributed by atoms with Crippen LogP contribution in [-0.2, 0) is 4.79 Å². The molecule has 0 spiro atoms. The second-order valence-electron chi connectivity index (χ2n) is 3.45. The van der Waals surface area contributed by atoms with Gasteiger partial charge in [-0.25, -0.2) is 0 Å². The van der Waals surface area contributed by atoms with Crippen LogP contribution in [-0.4, -0.2) is 21.7 Å². The van der Waals surface area contributed by atoms with Gasteiger partial charge in [0.2, 0.25) is 0 Å². The van der Waals surface area contributed by atoms with Crippen molar-refractivity contribution in [3.05, 3.63) is 39.8 Å². The molecule has 0 radical (unpaired) electrons. The highest BCUT2D eigenvalue weighted by atomic mass is 35.5. The van der Waals surface area contributed by atoms with Gasteiger partial charge in [0.25, 0.3) is 5.91 Å². The van der Waals surface area contributed by atoms with Gasteiger partial charge in [-0.05, 0) is 24.6 Å². The molecule has 5 heteroatoms. The van der Waals surface area contributed by atoms with Crippen LogP contribution in [0.15, 0.2) is 29.2 Å². The van der Waals surface area contributed by atoms with Crippen LogP contribution in [0.2, 0.25) is 5.02 Å². The third-order valence-corrected chi connectivity index (χ3v) is 4.10. The first-order chi connectivity index (χ1) is 8.13. The highest BCUT2D eigenvalue weighted by Crippen LogP contribution is 2.33. The van der Waals surface area contributed by atoms with E-state index in [4.69, 9.17) is 23.8 Å². The summed E-state index contributed by atoms with van der Waals surface area (Å²) in [7, 11) is 0. The van der Waals surface area contributed by atoms with E-state index < -0.39 is 0 Å². The Morgan fingerprint density at radius 3 is 2.76 bits per heavy atom. The first kappa shape index (κ1) is 12.6. The number of benzene rings is 1. The van der Waals surface area contributed by atoms with Crippen LogP contribution < -0.4 is 0 Å². The van der Waals surface area contributed by atoms with Gasteiger partial charge in [0.05, 0.1) is 4.91 Å². The lowest BCUT2D eigenvalue weighted by Gasteiger charge is -2.09. The average molecular weight is 284 g/mol. The molecule has 0 saturated carbocycles. The Balaban J connectivity index is 2.34. The standard InChI is InChI=1S/C12H10ClNOS2/c1-2-14-11(15)10(17-12(14)16)7-8-5-3-4-6-9(8)13/h3-7H,2H2,1H3/b10-7+. The van der Waals surface area contributed by atoms with E-state index in [2.05, 4.69) is 0 Å². The number of carbonyl (C=O) groups is 1. The second-order valence-corrected chi connectivity index (χ2v) is 5.53. The molecular formula is C12H10ClNOS2. The molecule has 1 fully saturated rings. The minimum atomic E-state index is -0.0394. The van der Waals surface area contributed by atoms with Crippen LogP contribution in [0.4, 0.5) is 0 Å². The fourth-order valence-corrected chi connectivity index (χ4v) is 3.07. The van der Waals surface area contributed by atoms with E-state index in [1.54, 1.807) is 17.0 Å². The van der Waals surface area contributed by atoms with Gasteiger partial charge in [-0.1, -0.05) is 53.8 Å². The molecule has 1 aromatic carbocycles. The SMILES string of the molecule is CCN1C(=O)/C(=C\c2ccccc2Cl)SC1=S. The quantitative estimate of drug-likeness (QED) is 0.611. The summed E-state index contributed by atoms with van der Waals surface area (Å²) >= 11 is 12.5. The van der Waals surface area contributed by atoms with Crippen molar-refractivity contribution in [1.82, 2.24) is 4.90 Å². The zero-order valence-electron chi connectivity index (χ0n) is 9.14. The van der Waals surface area contributed by atoms with E-state index >= 15 is 0 Å². The first-order valence-corrected chi connectivity index (χ1v) is 6.73. The molecule has 88 valence electrons. The molecule has 0 unspecified atom stereocenters. The number of thioether (sulfide) groups is 1. The molecule has 1 aromatic rings. The zero-order valence-corrected chi connectivity index (χ0v) is 11.5. The molecule has 2 nitrogen and oxygen atoms in total.